The number of nitrogens with one attached hydrogen (secondary N) is 1. The van der Waals surface area contributed by atoms with Crippen molar-refractivity contribution in [2.45, 2.75) is 59.0 Å². The van der Waals surface area contributed by atoms with Crippen LogP contribution in [0.3, 0.4) is 0 Å². The number of amides is 3. The first kappa shape index (κ1) is 22.7. The summed E-state index contributed by atoms with van der Waals surface area (Å²) in [5, 5.41) is 2.64. The summed E-state index contributed by atoms with van der Waals surface area (Å²) in [7, 11) is 0. The predicted octanol–water partition coefficient (Wildman–Crippen LogP) is 2.45. The van der Waals surface area contributed by atoms with Crippen LogP contribution in [0.4, 0.5) is 0 Å². The fourth-order valence-electron chi connectivity index (χ4n) is 3.78. The van der Waals surface area contributed by atoms with Crippen molar-refractivity contribution in [2.24, 2.45) is 0 Å². The quantitative estimate of drug-likeness (QED) is 0.723. The zero-order valence-corrected chi connectivity index (χ0v) is 17.9. The minimum atomic E-state index is -0.316. The molecule has 1 aromatic carbocycles. The number of hydrogen-bond acceptors (Lipinski definition) is 4. The molecule has 1 aliphatic rings. The van der Waals surface area contributed by atoms with Gasteiger partial charge in [-0.1, -0.05) is 0 Å². The zero-order chi connectivity index (χ0) is 21.4. The molecule has 29 heavy (non-hydrogen) atoms. The van der Waals surface area contributed by atoms with Crippen LogP contribution in [0.2, 0.25) is 0 Å². The number of carbonyl (C=O) groups is 3. The van der Waals surface area contributed by atoms with E-state index in [0.29, 0.717) is 24.4 Å². The molecule has 1 aliphatic heterocycles. The lowest BCUT2D eigenvalue weighted by Crippen LogP contribution is -2.49. The summed E-state index contributed by atoms with van der Waals surface area (Å²) in [6, 6.07) is 7.06. The second-order valence-electron chi connectivity index (χ2n) is 7.49. The minimum Gasteiger partial charge on any atom is -0.484 e. The van der Waals surface area contributed by atoms with Gasteiger partial charge in [-0.2, -0.15) is 0 Å². The molecule has 2 unspecified atom stereocenters. The van der Waals surface area contributed by atoms with Crippen LogP contribution in [0.5, 0.6) is 5.75 Å². The molecule has 1 saturated heterocycles. The molecule has 7 nitrogen and oxygen atoms in total. The zero-order valence-electron chi connectivity index (χ0n) is 17.9. The predicted molar refractivity (Wildman–Crippen MR) is 112 cm³/mol. The second-order valence-corrected chi connectivity index (χ2v) is 7.49. The molecule has 1 heterocycles. The third kappa shape index (κ3) is 6.21. The van der Waals surface area contributed by atoms with Gasteiger partial charge in [0, 0.05) is 30.7 Å². The van der Waals surface area contributed by atoms with Crippen LogP contribution in [0.25, 0.3) is 0 Å². The first-order chi connectivity index (χ1) is 13.9. The number of nitrogens with zero attached hydrogens (tertiary/aromatic N) is 2. The summed E-state index contributed by atoms with van der Waals surface area (Å²) in [4.78, 5) is 40.3. The molecule has 1 aromatic rings. The Kier molecular flexibility index (Phi) is 8.49. The second kappa shape index (κ2) is 10.8. The summed E-state index contributed by atoms with van der Waals surface area (Å²) in [5.74, 6) is 0.0972. The van der Waals surface area contributed by atoms with Crippen LogP contribution >= 0.6 is 0 Å². The van der Waals surface area contributed by atoms with Gasteiger partial charge in [0.15, 0.2) is 6.61 Å². The Morgan fingerprint density at radius 2 is 1.66 bits per heavy atom. The van der Waals surface area contributed by atoms with E-state index in [1.165, 1.54) is 0 Å². The highest BCUT2D eigenvalue weighted by molar-refractivity contribution is 5.96. The molecule has 0 saturated carbocycles. The van der Waals surface area contributed by atoms with Gasteiger partial charge in [-0.15, -0.1) is 0 Å². The van der Waals surface area contributed by atoms with E-state index in [0.717, 1.165) is 19.3 Å². The SMILES string of the molecule is CCN(CC)C(=O)CNC(=O)c1ccc(OCC(=O)N2C(C)CCCC2C)cc1. The monoisotopic (exact) mass is 403 g/mol. The van der Waals surface area contributed by atoms with Gasteiger partial charge in [0.25, 0.3) is 11.8 Å². The Bertz CT molecular complexity index is 691. The first-order valence-electron chi connectivity index (χ1n) is 10.5. The van der Waals surface area contributed by atoms with Crippen molar-refractivity contribution in [3.63, 3.8) is 0 Å². The van der Waals surface area contributed by atoms with Crippen molar-refractivity contribution in [3.8, 4) is 5.75 Å². The van der Waals surface area contributed by atoms with E-state index in [-0.39, 0.29) is 43.0 Å². The highest BCUT2D eigenvalue weighted by atomic mass is 16.5. The summed E-state index contributed by atoms with van der Waals surface area (Å²) in [6.07, 6.45) is 3.20. The maximum atomic E-state index is 12.5. The molecule has 1 fully saturated rings. The van der Waals surface area contributed by atoms with E-state index in [9.17, 15) is 14.4 Å². The Labute approximate surface area is 173 Å². The lowest BCUT2D eigenvalue weighted by molar-refractivity contribution is -0.139. The number of ether oxygens (including phenoxy) is 1. The van der Waals surface area contributed by atoms with E-state index in [2.05, 4.69) is 19.2 Å². The molecule has 0 bridgehead atoms. The number of benzene rings is 1. The molecular weight excluding hydrogens is 370 g/mol. The standard InChI is InChI=1S/C22H33N3O4/c1-5-24(6-2)20(26)14-23-22(28)18-10-12-19(13-11-18)29-15-21(27)25-16(3)8-7-9-17(25)4/h10-13,16-17H,5-9,14-15H2,1-4H3,(H,23,28). The lowest BCUT2D eigenvalue weighted by atomic mass is 9.97. The molecule has 0 aliphatic carbocycles. The molecule has 2 atom stereocenters. The fourth-order valence-corrected chi connectivity index (χ4v) is 3.78. The van der Waals surface area contributed by atoms with Crippen LogP contribution < -0.4 is 10.1 Å². The van der Waals surface area contributed by atoms with E-state index in [4.69, 9.17) is 4.74 Å². The number of piperidine rings is 1. The van der Waals surface area contributed by atoms with Crippen molar-refractivity contribution in [2.75, 3.05) is 26.2 Å². The summed E-state index contributed by atoms with van der Waals surface area (Å²) < 4.78 is 5.63. The average Bonchev–Trinajstić information content (AvgIpc) is 2.71. The maximum Gasteiger partial charge on any atom is 0.260 e. The van der Waals surface area contributed by atoms with Crippen LogP contribution in [0.1, 0.15) is 57.3 Å². The van der Waals surface area contributed by atoms with Gasteiger partial charge in [0.05, 0.1) is 6.54 Å². The number of likely N-dealkylation sites (tertiary alicyclic amines) is 1. The van der Waals surface area contributed by atoms with Crippen LogP contribution in [0.15, 0.2) is 24.3 Å². The molecule has 3 amide bonds. The van der Waals surface area contributed by atoms with Crippen LogP contribution in [-0.2, 0) is 9.59 Å². The fraction of sp³-hybridized carbons (Fsp3) is 0.591. The van der Waals surface area contributed by atoms with E-state index < -0.39 is 0 Å². The molecule has 7 heteroatoms. The van der Waals surface area contributed by atoms with Crippen LogP contribution in [0, 0.1) is 0 Å². The number of rotatable bonds is 8. The number of hydrogen-bond donors (Lipinski definition) is 1. The normalized spacial score (nSPS) is 18.8. The smallest absolute Gasteiger partial charge is 0.260 e. The number of carbonyl (C=O) groups excluding carboxylic acids is 3. The van der Waals surface area contributed by atoms with Crippen molar-refractivity contribution in [1.29, 1.82) is 0 Å². The molecule has 1 N–H and O–H groups in total. The van der Waals surface area contributed by atoms with E-state index >= 15 is 0 Å². The Balaban J connectivity index is 1.84. The molecule has 0 spiro atoms. The van der Waals surface area contributed by atoms with Gasteiger partial charge in [-0.05, 0) is 71.2 Å². The van der Waals surface area contributed by atoms with Crippen molar-refractivity contribution in [3.05, 3.63) is 29.8 Å². The van der Waals surface area contributed by atoms with Crippen molar-refractivity contribution in [1.82, 2.24) is 15.1 Å². The average molecular weight is 404 g/mol. The van der Waals surface area contributed by atoms with Crippen molar-refractivity contribution < 1.29 is 19.1 Å². The van der Waals surface area contributed by atoms with Gasteiger partial charge in [0.2, 0.25) is 5.91 Å². The third-order valence-corrected chi connectivity index (χ3v) is 5.48. The van der Waals surface area contributed by atoms with Gasteiger partial charge in [-0.25, -0.2) is 0 Å². The number of likely N-dealkylation sites (N-methyl/N-ethyl adjacent to an activating group) is 1. The van der Waals surface area contributed by atoms with Crippen molar-refractivity contribution >= 4 is 17.7 Å². The third-order valence-electron chi connectivity index (χ3n) is 5.48. The topological polar surface area (TPSA) is 79.0 Å². The van der Waals surface area contributed by atoms with E-state index in [1.807, 2.05) is 18.7 Å². The highest BCUT2D eigenvalue weighted by Crippen LogP contribution is 2.23. The van der Waals surface area contributed by atoms with Gasteiger partial charge >= 0.3 is 0 Å². The summed E-state index contributed by atoms with van der Waals surface area (Å²) in [6.45, 7) is 9.14. The summed E-state index contributed by atoms with van der Waals surface area (Å²) in [5.41, 5.74) is 0.439. The van der Waals surface area contributed by atoms with Crippen LogP contribution in [-0.4, -0.2) is 65.8 Å². The molecule has 0 radical (unpaired) electrons. The highest BCUT2D eigenvalue weighted by Gasteiger charge is 2.28. The van der Waals surface area contributed by atoms with Gasteiger partial charge in [-0.3, -0.25) is 14.4 Å². The Morgan fingerprint density at radius 3 is 2.21 bits per heavy atom. The van der Waals surface area contributed by atoms with Gasteiger partial charge in [0.1, 0.15) is 5.75 Å². The molecule has 2 rings (SSSR count). The molecule has 160 valence electrons. The largest absolute Gasteiger partial charge is 0.484 e. The maximum absolute atomic E-state index is 12.5. The molecule has 0 aromatic heterocycles. The minimum absolute atomic E-state index is 0.0126. The Morgan fingerprint density at radius 1 is 1.07 bits per heavy atom. The summed E-state index contributed by atoms with van der Waals surface area (Å²) >= 11 is 0. The van der Waals surface area contributed by atoms with E-state index in [1.54, 1.807) is 29.2 Å². The lowest BCUT2D eigenvalue weighted by Gasteiger charge is -2.38. The van der Waals surface area contributed by atoms with Gasteiger partial charge < -0.3 is 19.9 Å². The Hall–Kier alpha value is -2.57. The first-order valence-corrected chi connectivity index (χ1v) is 10.5. The molecular formula is C22H33N3O4.